The van der Waals surface area contributed by atoms with Crippen molar-refractivity contribution >= 4 is 22.5 Å². The van der Waals surface area contributed by atoms with Gasteiger partial charge in [0, 0.05) is 73.4 Å². The van der Waals surface area contributed by atoms with Crippen LogP contribution in [0.1, 0.15) is 27.5 Å². The van der Waals surface area contributed by atoms with Gasteiger partial charge in [-0.3, -0.25) is 9.78 Å². The summed E-state index contributed by atoms with van der Waals surface area (Å²) in [6.45, 7) is 0.414. The normalized spacial score (nSPS) is 11.9. The number of fused-ring (bicyclic) bond motifs is 1. The summed E-state index contributed by atoms with van der Waals surface area (Å²) >= 11 is 0. The van der Waals surface area contributed by atoms with Gasteiger partial charge in [0.15, 0.2) is 11.5 Å². The molecule has 0 spiro atoms. The van der Waals surface area contributed by atoms with Gasteiger partial charge in [-0.05, 0) is 41.5 Å². The van der Waals surface area contributed by atoms with Gasteiger partial charge in [0.05, 0.1) is 0 Å². The minimum Gasteiger partial charge on any atom is -0.378 e. The molecule has 3 heterocycles. The van der Waals surface area contributed by atoms with Crippen LogP contribution in [-0.4, -0.2) is 41.7 Å². The standard InChI is InChI=1S/C27H25N5O2/c1-32(2)20-11-9-18(10-12-20)22(23-17-29-24-8-4-3-7-21(23)24)16-30-27(33)25-14-26(34-31-25)19-6-5-13-28-15-19/h3-15,17,22,29H,16H2,1-2H3,(H,30,33). The smallest absolute Gasteiger partial charge is 0.273 e. The monoisotopic (exact) mass is 451 g/mol. The van der Waals surface area contributed by atoms with Crippen molar-refractivity contribution in [1.82, 2.24) is 20.4 Å². The van der Waals surface area contributed by atoms with Crippen molar-refractivity contribution in [3.05, 3.63) is 102 Å². The number of carbonyl (C=O) groups is 1. The number of benzene rings is 2. The fourth-order valence-electron chi connectivity index (χ4n) is 4.11. The molecule has 1 atom stereocenters. The number of amides is 1. The van der Waals surface area contributed by atoms with E-state index in [2.05, 4.69) is 61.7 Å². The highest BCUT2D eigenvalue weighted by Gasteiger charge is 2.21. The predicted molar refractivity (Wildman–Crippen MR) is 133 cm³/mol. The lowest BCUT2D eigenvalue weighted by Gasteiger charge is -2.19. The molecule has 1 unspecified atom stereocenters. The van der Waals surface area contributed by atoms with Gasteiger partial charge >= 0.3 is 0 Å². The first-order chi connectivity index (χ1) is 16.6. The molecule has 7 heteroatoms. The Hall–Kier alpha value is -4.39. The second kappa shape index (κ2) is 9.23. The number of carbonyl (C=O) groups excluding carboxylic acids is 1. The van der Waals surface area contributed by atoms with Crippen LogP contribution < -0.4 is 10.2 Å². The summed E-state index contributed by atoms with van der Waals surface area (Å²) < 4.78 is 5.37. The van der Waals surface area contributed by atoms with E-state index in [1.165, 1.54) is 0 Å². The topological polar surface area (TPSA) is 87.1 Å². The number of hydrogen-bond donors (Lipinski definition) is 2. The lowest BCUT2D eigenvalue weighted by molar-refractivity contribution is 0.0943. The molecule has 1 amide bonds. The van der Waals surface area contributed by atoms with Crippen molar-refractivity contribution in [3.63, 3.8) is 0 Å². The Kier molecular flexibility index (Phi) is 5.82. The van der Waals surface area contributed by atoms with Crippen LogP contribution in [0, 0.1) is 0 Å². The lowest BCUT2D eigenvalue weighted by atomic mass is 9.90. The van der Waals surface area contributed by atoms with Gasteiger partial charge in [0.2, 0.25) is 0 Å². The van der Waals surface area contributed by atoms with E-state index in [0.29, 0.717) is 12.3 Å². The van der Waals surface area contributed by atoms with Gasteiger partial charge in [0.1, 0.15) is 0 Å². The maximum atomic E-state index is 12.9. The Bertz CT molecular complexity index is 1400. The quantitative estimate of drug-likeness (QED) is 0.370. The third kappa shape index (κ3) is 4.28. The molecule has 3 aromatic heterocycles. The number of rotatable bonds is 7. The number of hydrogen-bond acceptors (Lipinski definition) is 5. The average Bonchev–Trinajstić information content (AvgIpc) is 3.53. The van der Waals surface area contributed by atoms with E-state index in [9.17, 15) is 4.79 Å². The average molecular weight is 452 g/mol. The predicted octanol–water partition coefficient (Wildman–Crippen LogP) is 4.85. The Morgan fingerprint density at radius 3 is 2.68 bits per heavy atom. The van der Waals surface area contributed by atoms with Gasteiger partial charge in [-0.2, -0.15) is 0 Å². The number of aromatic amines is 1. The van der Waals surface area contributed by atoms with Crippen molar-refractivity contribution in [1.29, 1.82) is 0 Å². The third-order valence-corrected chi connectivity index (χ3v) is 5.96. The van der Waals surface area contributed by atoms with E-state index in [1.54, 1.807) is 18.5 Å². The molecular formula is C27H25N5O2. The van der Waals surface area contributed by atoms with E-state index in [0.717, 1.165) is 33.3 Å². The van der Waals surface area contributed by atoms with Crippen LogP contribution in [0.5, 0.6) is 0 Å². The molecule has 2 N–H and O–H groups in total. The van der Waals surface area contributed by atoms with Gasteiger partial charge in [0.25, 0.3) is 5.91 Å². The lowest BCUT2D eigenvalue weighted by Crippen LogP contribution is -2.29. The highest BCUT2D eigenvalue weighted by molar-refractivity contribution is 5.93. The van der Waals surface area contributed by atoms with Gasteiger partial charge < -0.3 is 19.7 Å². The van der Waals surface area contributed by atoms with E-state index in [4.69, 9.17) is 4.52 Å². The maximum Gasteiger partial charge on any atom is 0.273 e. The Morgan fingerprint density at radius 1 is 1.09 bits per heavy atom. The highest BCUT2D eigenvalue weighted by atomic mass is 16.5. The van der Waals surface area contributed by atoms with Gasteiger partial charge in [-0.25, -0.2) is 0 Å². The number of nitrogens with zero attached hydrogens (tertiary/aromatic N) is 3. The number of pyridine rings is 1. The molecule has 0 aliphatic heterocycles. The zero-order valence-corrected chi connectivity index (χ0v) is 19.0. The van der Waals surface area contributed by atoms with Gasteiger partial charge in [-0.15, -0.1) is 0 Å². The summed E-state index contributed by atoms with van der Waals surface area (Å²) in [5, 5.41) is 8.15. The minimum atomic E-state index is -0.284. The molecule has 2 aromatic carbocycles. The first-order valence-electron chi connectivity index (χ1n) is 11.1. The fraction of sp³-hybridized carbons (Fsp3) is 0.148. The molecule has 0 saturated heterocycles. The van der Waals surface area contributed by atoms with Crippen LogP contribution in [0.3, 0.4) is 0 Å². The molecule has 34 heavy (non-hydrogen) atoms. The Morgan fingerprint density at radius 2 is 1.91 bits per heavy atom. The molecule has 0 aliphatic carbocycles. The number of anilines is 1. The van der Waals surface area contributed by atoms with Crippen molar-refractivity contribution < 1.29 is 9.32 Å². The van der Waals surface area contributed by atoms with E-state index < -0.39 is 0 Å². The van der Waals surface area contributed by atoms with Crippen LogP contribution in [0.15, 0.2) is 89.8 Å². The molecule has 0 bridgehead atoms. The zero-order chi connectivity index (χ0) is 23.5. The number of H-pyrrole nitrogens is 1. The third-order valence-electron chi connectivity index (χ3n) is 5.96. The van der Waals surface area contributed by atoms with Crippen molar-refractivity contribution in [3.8, 4) is 11.3 Å². The van der Waals surface area contributed by atoms with Crippen LogP contribution in [-0.2, 0) is 0 Å². The first-order valence-corrected chi connectivity index (χ1v) is 11.1. The largest absolute Gasteiger partial charge is 0.378 e. The molecule has 0 radical (unpaired) electrons. The molecule has 5 rings (SSSR count). The number of para-hydroxylation sites is 1. The molecule has 7 nitrogen and oxygen atoms in total. The summed E-state index contributed by atoms with van der Waals surface area (Å²) in [4.78, 5) is 22.4. The van der Waals surface area contributed by atoms with Crippen molar-refractivity contribution in [2.75, 3.05) is 25.5 Å². The summed E-state index contributed by atoms with van der Waals surface area (Å²) in [6.07, 6.45) is 5.38. The van der Waals surface area contributed by atoms with Crippen LogP contribution in [0.25, 0.3) is 22.2 Å². The second-order valence-corrected chi connectivity index (χ2v) is 8.36. The fourth-order valence-corrected chi connectivity index (χ4v) is 4.11. The summed E-state index contributed by atoms with van der Waals surface area (Å²) in [5.74, 6) is 0.181. The Balaban J connectivity index is 1.41. The second-order valence-electron chi connectivity index (χ2n) is 8.36. The number of aromatic nitrogens is 3. The number of nitrogens with one attached hydrogen (secondary N) is 2. The first kappa shape index (κ1) is 21.5. The molecular weight excluding hydrogens is 426 g/mol. The van der Waals surface area contributed by atoms with Crippen molar-refractivity contribution in [2.45, 2.75) is 5.92 Å². The maximum absolute atomic E-state index is 12.9. The highest BCUT2D eigenvalue weighted by Crippen LogP contribution is 2.31. The van der Waals surface area contributed by atoms with Crippen LogP contribution >= 0.6 is 0 Å². The molecule has 5 aromatic rings. The molecule has 0 fully saturated rings. The summed E-state index contributed by atoms with van der Waals surface area (Å²) in [7, 11) is 4.04. The van der Waals surface area contributed by atoms with E-state index >= 15 is 0 Å². The molecule has 0 aliphatic rings. The van der Waals surface area contributed by atoms with Crippen molar-refractivity contribution in [2.24, 2.45) is 0 Å². The zero-order valence-electron chi connectivity index (χ0n) is 19.0. The van der Waals surface area contributed by atoms with Crippen LogP contribution in [0.4, 0.5) is 5.69 Å². The van der Waals surface area contributed by atoms with Gasteiger partial charge in [-0.1, -0.05) is 35.5 Å². The van der Waals surface area contributed by atoms with E-state index in [1.807, 2.05) is 44.6 Å². The SMILES string of the molecule is CN(C)c1ccc(C(CNC(=O)c2cc(-c3cccnc3)on2)c2c[nH]c3ccccc23)cc1. The van der Waals surface area contributed by atoms with Crippen LogP contribution in [0.2, 0.25) is 0 Å². The summed E-state index contributed by atoms with van der Waals surface area (Å²) in [5.41, 5.74) is 5.44. The summed E-state index contributed by atoms with van der Waals surface area (Å²) in [6, 6.07) is 21.9. The Labute approximate surface area is 197 Å². The molecule has 170 valence electrons. The molecule has 0 saturated carbocycles. The minimum absolute atomic E-state index is 0.0407. The van der Waals surface area contributed by atoms with E-state index in [-0.39, 0.29) is 17.5 Å².